The topological polar surface area (TPSA) is 99.6 Å². The smallest absolute Gasteiger partial charge is 0.276 e. The lowest BCUT2D eigenvalue weighted by Gasteiger charge is -2.14. The van der Waals surface area contributed by atoms with Gasteiger partial charge < -0.3 is 10.2 Å². The Kier molecular flexibility index (Phi) is 5.86. The largest absolute Gasteiger partial charge is 0.354 e. The van der Waals surface area contributed by atoms with Gasteiger partial charge in [0.15, 0.2) is 5.65 Å². The maximum Gasteiger partial charge on any atom is 0.276 e. The van der Waals surface area contributed by atoms with E-state index in [1.54, 1.807) is 6.92 Å². The van der Waals surface area contributed by atoms with Crippen molar-refractivity contribution >= 4 is 17.5 Å². The normalized spacial score (nSPS) is 16.9. The van der Waals surface area contributed by atoms with Crippen LogP contribution in [0.5, 0.6) is 0 Å². The van der Waals surface area contributed by atoms with Crippen molar-refractivity contribution in [1.29, 1.82) is 0 Å². The van der Waals surface area contributed by atoms with Crippen LogP contribution in [0, 0.1) is 6.92 Å². The summed E-state index contributed by atoms with van der Waals surface area (Å²) in [4.78, 5) is 43.2. The summed E-state index contributed by atoms with van der Waals surface area (Å²) in [5.74, 6) is 0.265. The summed E-state index contributed by atoms with van der Waals surface area (Å²) in [7, 11) is 0. The molecule has 3 heterocycles. The van der Waals surface area contributed by atoms with Gasteiger partial charge in [-0.05, 0) is 33.6 Å². The first kappa shape index (κ1) is 20.1. The molecule has 0 saturated carbocycles. The van der Waals surface area contributed by atoms with Crippen LogP contribution < -0.4 is 10.9 Å². The number of aryl methyl sites for hydroxylation is 1. The number of amides is 2. The van der Waals surface area contributed by atoms with Crippen LogP contribution in [-0.4, -0.2) is 50.4 Å². The van der Waals surface area contributed by atoms with Gasteiger partial charge in [0, 0.05) is 60.9 Å². The van der Waals surface area contributed by atoms with Gasteiger partial charge in [0.2, 0.25) is 11.8 Å². The summed E-state index contributed by atoms with van der Waals surface area (Å²) in [5, 5.41) is 6.01. The predicted octanol–water partition coefficient (Wildman–Crippen LogP) is 1.51. The zero-order valence-corrected chi connectivity index (χ0v) is 17.0. The fourth-order valence-electron chi connectivity index (χ4n) is 3.78. The molecule has 0 radical (unpaired) electrons. The summed E-state index contributed by atoms with van der Waals surface area (Å²) >= 11 is 0. The molecule has 152 valence electrons. The summed E-state index contributed by atoms with van der Waals surface area (Å²) < 4.78 is 1.46. The maximum atomic E-state index is 12.9. The van der Waals surface area contributed by atoms with Crippen molar-refractivity contribution in [3.8, 4) is 0 Å². The predicted molar refractivity (Wildman–Crippen MR) is 106 cm³/mol. The number of rotatable bonds is 6. The Morgan fingerprint density at radius 3 is 2.82 bits per heavy atom. The van der Waals surface area contributed by atoms with Gasteiger partial charge in [0.1, 0.15) is 0 Å². The number of likely N-dealkylation sites (tertiary alicyclic amines) is 1. The Morgan fingerprint density at radius 2 is 2.14 bits per heavy atom. The number of carbonyl (C=O) groups excluding carboxylic acids is 2. The molecule has 8 nitrogen and oxygen atoms in total. The molecule has 1 atom stereocenters. The van der Waals surface area contributed by atoms with E-state index >= 15 is 0 Å². The lowest BCUT2D eigenvalue weighted by atomic mass is 10.1. The Morgan fingerprint density at radius 1 is 1.39 bits per heavy atom. The number of carbonyl (C=O) groups is 2. The Balaban J connectivity index is 1.81. The van der Waals surface area contributed by atoms with Gasteiger partial charge in [-0.3, -0.25) is 19.5 Å². The van der Waals surface area contributed by atoms with Crippen molar-refractivity contribution in [2.45, 2.75) is 65.3 Å². The van der Waals surface area contributed by atoms with Crippen LogP contribution >= 0.6 is 0 Å². The van der Waals surface area contributed by atoms with E-state index in [-0.39, 0.29) is 35.8 Å². The van der Waals surface area contributed by atoms with Crippen LogP contribution in [0.4, 0.5) is 0 Å². The average molecular weight is 387 g/mol. The molecule has 1 aliphatic rings. The van der Waals surface area contributed by atoms with Crippen LogP contribution in [0.25, 0.3) is 5.65 Å². The van der Waals surface area contributed by atoms with E-state index in [9.17, 15) is 14.4 Å². The molecule has 2 N–H and O–H groups in total. The number of nitrogens with one attached hydrogen (secondary N) is 2. The highest BCUT2D eigenvalue weighted by atomic mass is 16.2. The minimum Gasteiger partial charge on any atom is -0.354 e. The van der Waals surface area contributed by atoms with Gasteiger partial charge in [0.25, 0.3) is 5.56 Å². The maximum absolute atomic E-state index is 12.9. The van der Waals surface area contributed by atoms with Crippen molar-refractivity contribution in [2.75, 3.05) is 13.1 Å². The van der Waals surface area contributed by atoms with Gasteiger partial charge in [-0.2, -0.15) is 0 Å². The first-order valence-corrected chi connectivity index (χ1v) is 9.98. The van der Waals surface area contributed by atoms with Crippen molar-refractivity contribution in [2.24, 2.45) is 0 Å². The SMILES string of the molecule is CCC(=O)N1CCC(c2cc3nc(C)c(CCC(=O)NC(C)C)c(=O)n3[nH]2)C1. The standard InChI is InChI=1S/C20H29N5O3/c1-5-19(27)24-9-8-14(11-24)16-10-17-22-13(4)15(20(28)25(17)23-16)6-7-18(26)21-12(2)3/h10,12,14,23H,5-9,11H2,1-4H3,(H,21,26). The van der Waals surface area contributed by atoms with E-state index in [2.05, 4.69) is 15.4 Å². The number of hydrogen-bond donors (Lipinski definition) is 2. The van der Waals surface area contributed by atoms with E-state index in [4.69, 9.17) is 0 Å². The number of aromatic amines is 1. The molecule has 1 aliphatic heterocycles. The van der Waals surface area contributed by atoms with Crippen LogP contribution in [0.3, 0.4) is 0 Å². The van der Waals surface area contributed by atoms with Gasteiger partial charge in [-0.1, -0.05) is 6.92 Å². The number of fused-ring (bicyclic) bond motifs is 1. The summed E-state index contributed by atoms with van der Waals surface area (Å²) in [6.07, 6.45) is 1.99. The van der Waals surface area contributed by atoms with Gasteiger partial charge >= 0.3 is 0 Å². The van der Waals surface area contributed by atoms with E-state index in [1.165, 1.54) is 4.52 Å². The molecule has 3 rings (SSSR count). The molecule has 1 saturated heterocycles. The molecule has 0 aliphatic carbocycles. The average Bonchev–Trinajstić information content (AvgIpc) is 3.27. The highest BCUT2D eigenvalue weighted by Crippen LogP contribution is 2.27. The molecule has 8 heteroatoms. The van der Waals surface area contributed by atoms with E-state index in [0.717, 1.165) is 18.7 Å². The number of aromatic nitrogens is 3. The van der Waals surface area contributed by atoms with Crippen LogP contribution in [0.1, 0.15) is 62.9 Å². The highest BCUT2D eigenvalue weighted by Gasteiger charge is 2.28. The lowest BCUT2D eigenvalue weighted by Crippen LogP contribution is -2.31. The first-order valence-electron chi connectivity index (χ1n) is 9.98. The first-order chi connectivity index (χ1) is 13.3. The molecule has 0 spiro atoms. The Hall–Kier alpha value is -2.64. The zero-order chi connectivity index (χ0) is 20.4. The summed E-state index contributed by atoms with van der Waals surface area (Å²) in [5.41, 5.74) is 2.55. The molecular weight excluding hydrogens is 358 g/mol. The van der Waals surface area contributed by atoms with Crippen molar-refractivity contribution in [1.82, 2.24) is 24.8 Å². The van der Waals surface area contributed by atoms with E-state index < -0.39 is 0 Å². The monoisotopic (exact) mass is 387 g/mol. The Labute approximate surface area is 164 Å². The fourth-order valence-corrected chi connectivity index (χ4v) is 3.78. The molecule has 0 bridgehead atoms. The molecule has 2 amide bonds. The van der Waals surface area contributed by atoms with Crippen LogP contribution in [-0.2, 0) is 16.0 Å². The van der Waals surface area contributed by atoms with Gasteiger partial charge in [-0.25, -0.2) is 9.50 Å². The minimum absolute atomic E-state index is 0.0716. The molecular formula is C20H29N5O3. The molecule has 28 heavy (non-hydrogen) atoms. The third-order valence-corrected chi connectivity index (χ3v) is 5.27. The Bertz CT molecular complexity index is 943. The second-order valence-electron chi connectivity index (χ2n) is 7.79. The third-order valence-electron chi connectivity index (χ3n) is 5.27. The van der Waals surface area contributed by atoms with Crippen molar-refractivity contribution in [3.63, 3.8) is 0 Å². The highest BCUT2D eigenvalue weighted by molar-refractivity contribution is 5.76. The lowest BCUT2D eigenvalue weighted by molar-refractivity contribution is -0.129. The third kappa shape index (κ3) is 4.10. The number of hydrogen-bond acceptors (Lipinski definition) is 4. The summed E-state index contributed by atoms with van der Waals surface area (Å²) in [6, 6.07) is 1.97. The molecule has 2 aromatic heterocycles. The molecule has 2 aromatic rings. The molecule has 1 unspecified atom stereocenters. The fraction of sp³-hybridized carbons (Fsp3) is 0.600. The van der Waals surface area contributed by atoms with E-state index in [0.29, 0.717) is 36.3 Å². The summed E-state index contributed by atoms with van der Waals surface area (Å²) in [6.45, 7) is 8.89. The van der Waals surface area contributed by atoms with Gasteiger partial charge in [0.05, 0.1) is 0 Å². The van der Waals surface area contributed by atoms with Crippen LogP contribution in [0.15, 0.2) is 10.9 Å². The minimum atomic E-state index is -0.161. The number of H-pyrrole nitrogens is 1. The number of nitrogens with zero attached hydrogens (tertiary/aromatic N) is 3. The van der Waals surface area contributed by atoms with Crippen molar-refractivity contribution < 1.29 is 9.59 Å². The molecule has 1 fully saturated rings. The molecule has 0 aromatic carbocycles. The zero-order valence-electron chi connectivity index (χ0n) is 17.0. The quantitative estimate of drug-likeness (QED) is 0.785. The van der Waals surface area contributed by atoms with E-state index in [1.807, 2.05) is 31.7 Å². The van der Waals surface area contributed by atoms with Gasteiger partial charge in [-0.15, -0.1) is 0 Å². The van der Waals surface area contributed by atoms with Crippen LogP contribution in [0.2, 0.25) is 0 Å². The van der Waals surface area contributed by atoms with Crippen molar-refractivity contribution in [3.05, 3.63) is 33.4 Å². The second-order valence-corrected chi connectivity index (χ2v) is 7.79. The second kappa shape index (κ2) is 8.16.